The van der Waals surface area contributed by atoms with E-state index in [0.29, 0.717) is 13.2 Å². The number of amides is 1. The van der Waals surface area contributed by atoms with Crippen LogP contribution in [0.2, 0.25) is 0 Å². The maximum Gasteiger partial charge on any atom is 0.508 e. The minimum Gasteiger partial charge on any atom is -0.432 e. The molecule has 7 heteroatoms. The smallest absolute Gasteiger partial charge is 0.432 e. The average Bonchev–Trinajstić information content (AvgIpc) is 2.35. The van der Waals surface area contributed by atoms with Crippen molar-refractivity contribution < 1.29 is 28.5 Å². The molecule has 1 N–H and O–H groups in total. The summed E-state index contributed by atoms with van der Waals surface area (Å²) < 4.78 is 19.5. The molecule has 1 saturated heterocycles. The second-order valence-corrected chi connectivity index (χ2v) is 3.19. The molecule has 1 rings (SSSR count). The second-order valence-electron chi connectivity index (χ2n) is 3.19. The van der Waals surface area contributed by atoms with E-state index in [4.69, 9.17) is 18.9 Å². The van der Waals surface area contributed by atoms with Crippen molar-refractivity contribution in [1.29, 1.82) is 0 Å². The van der Waals surface area contributed by atoms with Crippen LogP contribution >= 0.6 is 0 Å². The van der Waals surface area contributed by atoms with Crippen LogP contribution in [0.3, 0.4) is 0 Å². The van der Waals surface area contributed by atoms with Gasteiger partial charge in [0, 0.05) is 0 Å². The summed E-state index contributed by atoms with van der Waals surface area (Å²) >= 11 is 0. The SMILES string of the molecule is C=CC(=O)NCCOC(=O)OC1COCOC1. The largest absolute Gasteiger partial charge is 0.508 e. The van der Waals surface area contributed by atoms with Crippen molar-refractivity contribution in [1.82, 2.24) is 5.32 Å². The summed E-state index contributed by atoms with van der Waals surface area (Å²) in [7, 11) is 0. The average molecular weight is 245 g/mol. The van der Waals surface area contributed by atoms with Crippen LogP contribution in [-0.2, 0) is 23.7 Å². The molecule has 1 amide bonds. The Morgan fingerprint density at radius 3 is 2.76 bits per heavy atom. The predicted molar refractivity (Wildman–Crippen MR) is 56.2 cm³/mol. The molecule has 1 aliphatic rings. The normalized spacial score (nSPS) is 16.0. The van der Waals surface area contributed by atoms with Gasteiger partial charge in [-0.3, -0.25) is 4.79 Å². The van der Waals surface area contributed by atoms with Crippen LogP contribution in [0, 0.1) is 0 Å². The first kappa shape index (κ1) is 13.5. The van der Waals surface area contributed by atoms with Gasteiger partial charge in [0.25, 0.3) is 0 Å². The van der Waals surface area contributed by atoms with Crippen LogP contribution in [0.25, 0.3) is 0 Å². The monoisotopic (exact) mass is 245 g/mol. The van der Waals surface area contributed by atoms with Crippen LogP contribution in [0.4, 0.5) is 4.79 Å². The van der Waals surface area contributed by atoms with Gasteiger partial charge in [0.1, 0.15) is 13.4 Å². The number of hydrogen-bond acceptors (Lipinski definition) is 6. The Kier molecular flexibility index (Phi) is 6.05. The molecule has 96 valence electrons. The second kappa shape index (κ2) is 7.64. The molecule has 0 aromatic carbocycles. The van der Waals surface area contributed by atoms with E-state index in [1.165, 1.54) is 0 Å². The van der Waals surface area contributed by atoms with E-state index in [2.05, 4.69) is 11.9 Å². The van der Waals surface area contributed by atoms with Crippen LogP contribution < -0.4 is 5.32 Å². The number of hydrogen-bond donors (Lipinski definition) is 1. The highest BCUT2D eigenvalue weighted by molar-refractivity contribution is 5.86. The Hall–Kier alpha value is -1.60. The first-order valence-electron chi connectivity index (χ1n) is 5.11. The van der Waals surface area contributed by atoms with Gasteiger partial charge in [-0.15, -0.1) is 0 Å². The van der Waals surface area contributed by atoms with Crippen molar-refractivity contribution in [2.24, 2.45) is 0 Å². The molecule has 1 heterocycles. The van der Waals surface area contributed by atoms with Crippen molar-refractivity contribution in [2.45, 2.75) is 6.10 Å². The first-order valence-corrected chi connectivity index (χ1v) is 5.11. The minimum absolute atomic E-state index is 0.0346. The molecule has 0 saturated carbocycles. The number of carbonyl (C=O) groups excluding carboxylic acids is 2. The van der Waals surface area contributed by atoms with Crippen molar-refractivity contribution in [2.75, 3.05) is 33.2 Å². The molecule has 1 aliphatic heterocycles. The maximum atomic E-state index is 11.1. The summed E-state index contributed by atoms with van der Waals surface area (Å²) in [5.41, 5.74) is 0. The molecule has 17 heavy (non-hydrogen) atoms. The van der Waals surface area contributed by atoms with E-state index >= 15 is 0 Å². The molecular formula is C10H15NO6. The summed E-state index contributed by atoms with van der Waals surface area (Å²) in [6, 6.07) is 0. The van der Waals surface area contributed by atoms with Crippen molar-refractivity contribution in [3.05, 3.63) is 12.7 Å². The first-order chi connectivity index (χ1) is 8.22. The maximum absolute atomic E-state index is 11.1. The Morgan fingerprint density at radius 2 is 2.12 bits per heavy atom. The Morgan fingerprint density at radius 1 is 1.41 bits per heavy atom. The van der Waals surface area contributed by atoms with E-state index in [9.17, 15) is 9.59 Å². The van der Waals surface area contributed by atoms with Crippen molar-refractivity contribution >= 4 is 12.1 Å². The molecule has 0 atom stereocenters. The molecule has 0 aliphatic carbocycles. The summed E-state index contributed by atoms with van der Waals surface area (Å²) in [4.78, 5) is 21.9. The van der Waals surface area contributed by atoms with Crippen LogP contribution in [0.15, 0.2) is 12.7 Å². The number of rotatable bonds is 5. The lowest BCUT2D eigenvalue weighted by molar-refractivity contribution is -0.157. The van der Waals surface area contributed by atoms with Gasteiger partial charge in [-0.1, -0.05) is 6.58 Å². The number of nitrogens with one attached hydrogen (secondary N) is 1. The van der Waals surface area contributed by atoms with Gasteiger partial charge in [0.15, 0.2) is 6.10 Å². The third-order valence-corrected chi connectivity index (χ3v) is 1.84. The van der Waals surface area contributed by atoms with Crippen LogP contribution in [0.5, 0.6) is 0 Å². The van der Waals surface area contributed by atoms with Crippen LogP contribution in [0.1, 0.15) is 0 Å². The van der Waals surface area contributed by atoms with Gasteiger partial charge >= 0.3 is 6.16 Å². The van der Waals surface area contributed by atoms with Gasteiger partial charge in [-0.25, -0.2) is 4.79 Å². The summed E-state index contributed by atoms with van der Waals surface area (Å²) in [5.74, 6) is -0.323. The zero-order valence-electron chi connectivity index (χ0n) is 9.35. The summed E-state index contributed by atoms with van der Waals surface area (Å²) in [6.07, 6.45) is -0.120. The third kappa shape index (κ3) is 5.88. The zero-order valence-corrected chi connectivity index (χ0v) is 9.35. The van der Waals surface area contributed by atoms with E-state index in [1.54, 1.807) is 0 Å². The lowest BCUT2D eigenvalue weighted by Gasteiger charge is -2.21. The molecule has 0 bridgehead atoms. The van der Waals surface area contributed by atoms with E-state index < -0.39 is 12.3 Å². The fourth-order valence-electron chi connectivity index (χ4n) is 1.09. The minimum atomic E-state index is -0.808. The number of ether oxygens (including phenoxy) is 4. The Labute approximate surface area is 98.7 Å². The molecular weight excluding hydrogens is 230 g/mol. The molecule has 0 aromatic heterocycles. The molecule has 1 fully saturated rings. The van der Waals surface area contributed by atoms with Crippen molar-refractivity contribution in [3.63, 3.8) is 0 Å². The van der Waals surface area contributed by atoms with Gasteiger partial charge in [-0.05, 0) is 6.08 Å². The Balaban J connectivity index is 2.04. The highest BCUT2D eigenvalue weighted by Gasteiger charge is 2.19. The Bertz CT molecular complexity index is 274. The lowest BCUT2D eigenvalue weighted by Crippen LogP contribution is -2.34. The number of carbonyl (C=O) groups is 2. The molecule has 0 aromatic rings. The quantitative estimate of drug-likeness (QED) is 0.411. The third-order valence-electron chi connectivity index (χ3n) is 1.84. The topological polar surface area (TPSA) is 83.1 Å². The standard InChI is InChI=1S/C10H15NO6/c1-2-9(12)11-3-4-16-10(13)17-8-5-14-7-15-6-8/h2,8H,1,3-7H2,(H,11,12). The van der Waals surface area contributed by atoms with E-state index in [-0.39, 0.29) is 25.9 Å². The molecule has 0 radical (unpaired) electrons. The fourth-order valence-corrected chi connectivity index (χ4v) is 1.09. The van der Waals surface area contributed by atoms with E-state index in [0.717, 1.165) is 6.08 Å². The summed E-state index contributed by atoms with van der Waals surface area (Å²) in [6.45, 7) is 4.32. The van der Waals surface area contributed by atoms with Crippen LogP contribution in [-0.4, -0.2) is 51.3 Å². The molecule has 0 unspecified atom stereocenters. The van der Waals surface area contributed by atoms with E-state index in [1.807, 2.05) is 0 Å². The van der Waals surface area contributed by atoms with Gasteiger partial charge in [0.2, 0.25) is 5.91 Å². The highest BCUT2D eigenvalue weighted by atomic mass is 16.8. The highest BCUT2D eigenvalue weighted by Crippen LogP contribution is 2.02. The lowest BCUT2D eigenvalue weighted by atomic mass is 10.4. The van der Waals surface area contributed by atoms with Gasteiger partial charge in [0.05, 0.1) is 19.8 Å². The summed E-state index contributed by atoms with van der Waals surface area (Å²) in [5, 5.41) is 2.45. The predicted octanol–water partition coefficient (Wildman–Crippen LogP) is -0.185. The zero-order chi connectivity index (χ0) is 12.5. The molecule has 7 nitrogen and oxygen atoms in total. The fraction of sp³-hybridized carbons (Fsp3) is 0.600. The van der Waals surface area contributed by atoms with Gasteiger partial charge in [-0.2, -0.15) is 0 Å². The van der Waals surface area contributed by atoms with Crippen molar-refractivity contribution in [3.8, 4) is 0 Å². The van der Waals surface area contributed by atoms with Gasteiger partial charge < -0.3 is 24.3 Å². The molecule has 0 spiro atoms.